The fraction of sp³-hybridized carbons (Fsp3) is 0.667. The molecular formula is C21H28F2N2O2. The van der Waals surface area contributed by atoms with E-state index in [9.17, 15) is 13.6 Å². The molecule has 1 aliphatic heterocycles. The van der Waals surface area contributed by atoms with Gasteiger partial charge in [0.2, 0.25) is 5.91 Å². The number of nitrogens with one attached hydrogen (secondary N) is 1. The number of fused-ring (bicyclic) bond motifs is 1. The number of amides is 1. The molecule has 4 rings (SSSR count). The Morgan fingerprint density at radius 3 is 2.67 bits per heavy atom. The van der Waals surface area contributed by atoms with Crippen LogP contribution in [0, 0.1) is 29.4 Å². The second kappa shape index (κ2) is 7.84. The van der Waals surface area contributed by atoms with Gasteiger partial charge in [0.05, 0.1) is 12.1 Å². The lowest BCUT2D eigenvalue weighted by Crippen LogP contribution is -2.50. The van der Waals surface area contributed by atoms with Gasteiger partial charge in [-0.3, -0.25) is 9.69 Å². The molecule has 2 saturated carbocycles. The van der Waals surface area contributed by atoms with E-state index in [2.05, 4.69) is 10.2 Å². The first-order valence-corrected chi connectivity index (χ1v) is 10.0. The molecule has 3 aliphatic rings. The molecule has 27 heavy (non-hydrogen) atoms. The van der Waals surface area contributed by atoms with Crippen molar-refractivity contribution in [2.45, 2.75) is 51.3 Å². The molecule has 1 heterocycles. The molecule has 3 fully saturated rings. The minimum absolute atomic E-state index is 0.0184. The fourth-order valence-corrected chi connectivity index (χ4v) is 4.69. The molecule has 148 valence electrons. The Morgan fingerprint density at radius 1 is 1.22 bits per heavy atom. The van der Waals surface area contributed by atoms with Gasteiger partial charge in [0.1, 0.15) is 11.6 Å². The molecule has 1 aromatic rings. The van der Waals surface area contributed by atoms with Gasteiger partial charge < -0.3 is 10.1 Å². The molecular weight excluding hydrogens is 350 g/mol. The van der Waals surface area contributed by atoms with Gasteiger partial charge in [0.25, 0.3) is 0 Å². The zero-order valence-corrected chi connectivity index (χ0v) is 15.8. The standard InChI is InChI=1S/C21H28F2N2O2/c1-13(26)24-20-7-15-9-25(11-17-6-18(22)4-5-19(17)23)10-16(15)8-21(20)27-12-14-2-3-14/h4-6,14-16,20-21H,2-3,7-12H2,1H3,(H,24,26)/t15-,16+,20-,21-/m1/s1. The van der Waals surface area contributed by atoms with Crippen LogP contribution in [-0.2, 0) is 16.1 Å². The molecule has 0 aromatic heterocycles. The first-order chi connectivity index (χ1) is 13.0. The molecule has 0 unspecified atom stereocenters. The van der Waals surface area contributed by atoms with Crippen molar-refractivity contribution in [3.63, 3.8) is 0 Å². The Kier molecular flexibility index (Phi) is 5.46. The highest BCUT2D eigenvalue weighted by Gasteiger charge is 2.43. The zero-order chi connectivity index (χ0) is 19.0. The summed E-state index contributed by atoms with van der Waals surface area (Å²) in [6.45, 7) is 4.49. The molecule has 1 saturated heterocycles. The molecule has 1 N–H and O–H groups in total. The Balaban J connectivity index is 1.40. The Hall–Kier alpha value is -1.53. The number of hydrogen-bond donors (Lipinski definition) is 1. The zero-order valence-electron chi connectivity index (χ0n) is 15.8. The number of carbonyl (C=O) groups is 1. The average molecular weight is 378 g/mol. The first kappa shape index (κ1) is 18.8. The SMILES string of the molecule is CC(=O)N[C@@H]1C[C@@H]2CN(Cc3cc(F)ccc3F)C[C@@H]2C[C@H]1OCC1CC1. The van der Waals surface area contributed by atoms with Crippen LogP contribution in [-0.4, -0.2) is 42.6 Å². The molecule has 0 radical (unpaired) electrons. The van der Waals surface area contributed by atoms with Crippen LogP contribution in [0.4, 0.5) is 8.78 Å². The van der Waals surface area contributed by atoms with Crippen molar-refractivity contribution < 1.29 is 18.3 Å². The number of ether oxygens (including phenoxy) is 1. The maximum atomic E-state index is 14.0. The van der Waals surface area contributed by atoms with Crippen LogP contribution in [0.15, 0.2) is 18.2 Å². The quantitative estimate of drug-likeness (QED) is 0.827. The van der Waals surface area contributed by atoms with Crippen LogP contribution in [0.25, 0.3) is 0 Å². The average Bonchev–Trinajstić information content (AvgIpc) is 3.35. The van der Waals surface area contributed by atoms with Gasteiger partial charge in [0, 0.05) is 38.7 Å². The predicted molar refractivity (Wildman–Crippen MR) is 97.9 cm³/mol. The highest BCUT2D eigenvalue weighted by Crippen LogP contribution is 2.39. The molecule has 1 aromatic carbocycles. The first-order valence-electron chi connectivity index (χ1n) is 10.0. The Bertz CT molecular complexity index is 695. The maximum Gasteiger partial charge on any atom is 0.217 e. The molecule has 1 amide bonds. The summed E-state index contributed by atoms with van der Waals surface area (Å²) in [5.41, 5.74) is 0.411. The second-order valence-corrected chi connectivity index (χ2v) is 8.54. The van der Waals surface area contributed by atoms with E-state index in [4.69, 9.17) is 4.74 Å². The number of hydrogen-bond acceptors (Lipinski definition) is 3. The summed E-state index contributed by atoms with van der Waals surface area (Å²) in [5.74, 6) is 0.859. The van der Waals surface area contributed by atoms with E-state index in [0.29, 0.717) is 29.9 Å². The topological polar surface area (TPSA) is 41.6 Å². The van der Waals surface area contributed by atoms with Crippen LogP contribution >= 0.6 is 0 Å². The number of halogens is 2. The number of rotatable bonds is 6. The van der Waals surface area contributed by atoms with Crippen molar-refractivity contribution >= 4 is 5.91 Å². The van der Waals surface area contributed by atoms with Crippen molar-refractivity contribution in [1.29, 1.82) is 0 Å². The van der Waals surface area contributed by atoms with E-state index in [1.807, 2.05) is 0 Å². The van der Waals surface area contributed by atoms with E-state index in [1.54, 1.807) is 6.92 Å². The molecule has 2 aliphatic carbocycles. The monoisotopic (exact) mass is 378 g/mol. The normalized spacial score (nSPS) is 30.9. The number of carbonyl (C=O) groups excluding carboxylic acids is 1. The van der Waals surface area contributed by atoms with Crippen LogP contribution in [0.1, 0.15) is 38.2 Å². The molecule has 4 nitrogen and oxygen atoms in total. The van der Waals surface area contributed by atoms with Gasteiger partial charge in [-0.15, -0.1) is 0 Å². The molecule has 4 atom stereocenters. The molecule has 0 spiro atoms. The summed E-state index contributed by atoms with van der Waals surface area (Å²) >= 11 is 0. The number of benzene rings is 1. The van der Waals surface area contributed by atoms with E-state index in [1.165, 1.54) is 25.0 Å². The lowest BCUT2D eigenvalue weighted by molar-refractivity contribution is -0.122. The molecule has 6 heteroatoms. The van der Waals surface area contributed by atoms with E-state index >= 15 is 0 Å². The van der Waals surface area contributed by atoms with Crippen LogP contribution in [0.2, 0.25) is 0 Å². The van der Waals surface area contributed by atoms with Gasteiger partial charge in [-0.25, -0.2) is 8.78 Å². The van der Waals surface area contributed by atoms with E-state index < -0.39 is 5.82 Å². The Labute approximate surface area is 159 Å². The van der Waals surface area contributed by atoms with Crippen molar-refractivity contribution in [3.8, 4) is 0 Å². The predicted octanol–water partition coefficient (Wildman–Crippen LogP) is 3.11. The Morgan fingerprint density at radius 2 is 1.96 bits per heavy atom. The second-order valence-electron chi connectivity index (χ2n) is 8.54. The van der Waals surface area contributed by atoms with Gasteiger partial charge >= 0.3 is 0 Å². The van der Waals surface area contributed by atoms with Crippen molar-refractivity contribution in [2.24, 2.45) is 17.8 Å². The third kappa shape index (κ3) is 4.66. The van der Waals surface area contributed by atoms with Crippen LogP contribution in [0.3, 0.4) is 0 Å². The van der Waals surface area contributed by atoms with Crippen molar-refractivity contribution in [1.82, 2.24) is 10.2 Å². The lowest BCUT2D eigenvalue weighted by Gasteiger charge is -2.38. The summed E-state index contributed by atoms with van der Waals surface area (Å²) in [5, 5.41) is 3.08. The number of nitrogens with zero attached hydrogens (tertiary/aromatic N) is 1. The van der Waals surface area contributed by atoms with Gasteiger partial charge in [-0.05, 0) is 61.6 Å². The van der Waals surface area contributed by atoms with E-state index in [-0.39, 0.29) is 23.9 Å². The van der Waals surface area contributed by atoms with Crippen LogP contribution < -0.4 is 5.32 Å². The van der Waals surface area contributed by atoms with Gasteiger partial charge in [-0.1, -0.05) is 0 Å². The van der Waals surface area contributed by atoms with Gasteiger partial charge in [-0.2, -0.15) is 0 Å². The summed E-state index contributed by atoms with van der Waals surface area (Å²) < 4.78 is 33.6. The summed E-state index contributed by atoms with van der Waals surface area (Å²) in [6, 6.07) is 3.69. The third-order valence-electron chi connectivity index (χ3n) is 6.23. The largest absolute Gasteiger partial charge is 0.376 e. The number of likely N-dealkylation sites (tertiary alicyclic amines) is 1. The fourth-order valence-electron chi connectivity index (χ4n) is 4.69. The lowest BCUT2D eigenvalue weighted by atomic mass is 9.77. The smallest absolute Gasteiger partial charge is 0.217 e. The highest BCUT2D eigenvalue weighted by atomic mass is 19.1. The van der Waals surface area contributed by atoms with Crippen molar-refractivity contribution in [2.75, 3.05) is 19.7 Å². The summed E-state index contributed by atoms with van der Waals surface area (Å²) in [7, 11) is 0. The van der Waals surface area contributed by atoms with Crippen molar-refractivity contribution in [3.05, 3.63) is 35.4 Å². The van der Waals surface area contributed by atoms with Gasteiger partial charge in [0.15, 0.2) is 0 Å². The third-order valence-corrected chi connectivity index (χ3v) is 6.23. The van der Waals surface area contributed by atoms with Crippen LogP contribution in [0.5, 0.6) is 0 Å². The summed E-state index contributed by atoms with van der Waals surface area (Å²) in [4.78, 5) is 13.8. The summed E-state index contributed by atoms with van der Waals surface area (Å²) in [6.07, 6.45) is 4.36. The molecule has 0 bridgehead atoms. The maximum absolute atomic E-state index is 14.0. The van der Waals surface area contributed by atoms with E-state index in [0.717, 1.165) is 38.6 Å². The minimum atomic E-state index is -0.401. The minimum Gasteiger partial charge on any atom is -0.376 e. The highest BCUT2D eigenvalue weighted by molar-refractivity contribution is 5.73.